The fourth-order valence-corrected chi connectivity index (χ4v) is 2.36. The highest BCUT2D eigenvalue weighted by Crippen LogP contribution is 2.25. The molecule has 0 aromatic heterocycles. The van der Waals surface area contributed by atoms with Gasteiger partial charge in [0, 0.05) is 22.8 Å². The van der Waals surface area contributed by atoms with Crippen LogP contribution in [0.4, 0.5) is 0 Å². The van der Waals surface area contributed by atoms with Crippen LogP contribution in [0.1, 0.15) is 18.1 Å². The predicted molar refractivity (Wildman–Crippen MR) is 70.7 cm³/mol. The highest BCUT2D eigenvalue weighted by molar-refractivity contribution is 7.99. The van der Waals surface area contributed by atoms with Crippen LogP contribution in [0.15, 0.2) is 28.3 Å². The fraction of sp³-hybridized carbons (Fsp3) is 0.417. The number of aliphatic hydroxyl groups is 1. The van der Waals surface area contributed by atoms with E-state index < -0.39 is 0 Å². The topological polar surface area (TPSA) is 78.8 Å². The van der Waals surface area contributed by atoms with Crippen molar-refractivity contribution in [3.63, 3.8) is 0 Å². The first-order valence-electron chi connectivity index (χ1n) is 5.40. The smallest absolute Gasteiger partial charge is 0.171 e. The summed E-state index contributed by atoms with van der Waals surface area (Å²) in [5.41, 5.74) is 7.44. The second kappa shape index (κ2) is 6.51. The van der Waals surface area contributed by atoms with Gasteiger partial charge in [-0.15, -0.1) is 11.8 Å². The van der Waals surface area contributed by atoms with Gasteiger partial charge in [0.2, 0.25) is 0 Å². The van der Waals surface area contributed by atoms with E-state index in [1.54, 1.807) is 11.8 Å². The van der Waals surface area contributed by atoms with Crippen molar-refractivity contribution in [1.82, 2.24) is 0 Å². The molecule has 0 heterocycles. The first-order chi connectivity index (χ1) is 8.08. The number of amidine groups is 1. The summed E-state index contributed by atoms with van der Waals surface area (Å²) < 4.78 is 0. The van der Waals surface area contributed by atoms with E-state index in [2.05, 4.69) is 5.16 Å². The number of aryl methyl sites for hydroxylation is 1. The monoisotopic (exact) mass is 254 g/mol. The third-order valence-corrected chi connectivity index (χ3v) is 3.76. The molecule has 4 N–H and O–H groups in total. The van der Waals surface area contributed by atoms with Gasteiger partial charge in [0.15, 0.2) is 5.84 Å². The lowest BCUT2D eigenvalue weighted by atomic mass is 10.1. The highest BCUT2D eigenvalue weighted by Gasteiger charge is 2.09. The van der Waals surface area contributed by atoms with Crippen molar-refractivity contribution in [2.45, 2.75) is 18.7 Å². The first kappa shape index (κ1) is 13.9. The second-order valence-electron chi connectivity index (χ2n) is 4.08. The summed E-state index contributed by atoms with van der Waals surface area (Å²) >= 11 is 1.60. The van der Waals surface area contributed by atoms with Crippen LogP contribution in [-0.4, -0.2) is 28.5 Å². The summed E-state index contributed by atoms with van der Waals surface area (Å²) in [6.07, 6.45) is 0. The predicted octanol–water partition coefficient (Wildman–Crippen LogP) is 1.81. The van der Waals surface area contributed by atoms with Crippen molar-refractivity contribution in [3.05, 3.63) is 29.3 Å². The minimum Gasteiger partial charge on any atom is -0.409 e. The number of hydrogen-bond donors (Lipinski definition) is 3. The molecule has 5 heteroatoms. The van der Waals surface area contributed by atoms with Gasteiger partial charge in [-0.25, -0.2) is 0 Å². The van der Waals surface area contributed by atoms with Crippen LogP contribution in [0.2, 0.25) is 0 Å². The summed E-state index contributed by atoms with van der Waals surface area (Å²) in [4.78, 5) is 0.964. The van der Waals surface area contributed by atoms with E-state index in [1.807, 2.05) is 32.0 Å². The standard InChI is InChI=1S/C12H18N2O2S/c1-8-3-4-11(17-7-9(2)6-15)10(5-8)12(13)14-16/h3-5,9,15-16H,6-7H2,1-2H3,(H2,13,14). The summed E-state index contributed by atoms with van der Waals surface area (Å²) in [6.45, 7) is 4.10. The van der Waals surface area contributed by atoms with E-state index in [4.69, 9.17) is 16.0 Å². The Labute approximate surface area is 106 Å². The van der Waals surface area contributed by atoms with Crippen LogP contribution in [0.3, 0.4) is 0 Å². The van der Waals surface area contributed by atoms with Crippen molar-refractivity contribution < 1.29 is 10.3 Å². The Morgan fingerprint density at radius 1 is 1.53 bits per heavy atom. The van der Waals surface area contributed by atoms with E-state index >= 15 is 0 Å². The summed E-state index contributed by atoms with van der Waals surface area (Å²) in [7, 11) is 0. The number of oxime groups is 1. The van der Waals surface area contributed by atoms with E-state index in [0.29, 0.717) is 0 Å². The minimum absolute atomic E-state index is 0.118. The Morgan fingerprint density at radius 3 is 2.82 bits per heavy atom. The Balaban J connectivity index is 2.91. The molecule has 0 bridgehead atoms. The largest absolute Gasteiger partial charge is 0.409 e. The van der Waals surface area contributed by atoms with Gasteiger partial charge in [0.1, 0.15) is 0 Å². The van der Waals surface area contributed by atoms with Gasteiger partial charge in [-0.05, 0) is 25.0 Å². The number of thioether (sulfide) groups is 1. The average molecular weight is 254 g/mol. The Hall–Kier alpha value is -1.20. The molecule has 1 rings (SSSR count). The molecule has 0 radical (unpaired) electrons. The zero-order valence-electron chi connectivity index (χ0n) is 10.1. The number of hydrogen-bond acceptors (Lipinski definition) is 4. The van der Waals surface area contributed by atoms with E-state index in [0.717, 1.165) is 21.8 Å². The Morgan fingerprint density at radius 2 is 2.24 bits per heavy atom. The number of rotatable bonds is 5. The summed E-state index contributed by atoms with van der Waals surface area (Å²) in [6, 6.07) is 5.83. The molecule has 0 aliphatic rings. The third kappa shape index (κ3) is 3.94. The van der Waals surface area contributed by atoms with Crippen molar-refractivity contribution in [1.29, 1.82) is 0 Å². The number of nitrogens with zero attached hydrogens (tertiary/aromatic N) is 1. The molecule has 17 heavy (non-hydrogen) atoms. The summed E-state index contributed by atoms with van der Waals surface area (Å²) in [5.74, 6) is 1.14. The van der Waals surface area contributed by atoms with Crippen LogP contribution in [0, 0.1) is 12.8 Å². The quantitative estimate of drug-likeness (QED) is 0.246. The van der Waals surface area contributed by atoms with Crippen molar-refractivity contribution in [3.8, 4) is 0 Å². The van der Waals surface area contributed by atoms with E-state index in [-0.39, 0.29) is 18.4 Å². The molecular formula is C12H18N2O2S. The van der Waals surface area contributed by atoms with Gasteiger partial charge in [-0.1, -0.05) is 23.7 Å². The highest BCUT2D eigenvalue weighted by atomic mass is 32.2. The van der Waals surface area contributed by atoms with Crippen LogP contribution < -0.4 is 5.73 Å². The lowest BCUT2D eigenvalue weighted by Crippen LogP contribution is -2.15. The second-order valence-corrected chi connectivity index (χ2v) is 5.15. The van der Waals surface area contributed by atoms with Crippen LogP contribution in [0.5, 0.6) is 0 Å². The zero-order chi connectivity index (χ0) is 12.8. The minimum atomic E-state index is 0.118. The molecule has 1 atom stereocenters. The lowest BCUT2D eigenvalue weighted by Gasteiger charge is -2.11. The fourth-order valence-electron chi connectivity index (χ4n) is 1.31. The van der Waals surface area contributed by atoms with Crippen LogP contribution in [-0.2, 0) is 0 Å². The molecule has 94 valence electrons. The average Bonchev–Trinajstić information content (AvgIpc) is 2.35. The van der Waals surface area contributed by atoms with Gasteiger partial charge in [0.25, 0.3) is 0 Å². The normalized spacial score (nSPS) is 13.7. The van der Waals surface area contributed by atoms with Gasteiger partial charge in [-0.3, -0.25) is 0 Å². The molecule has 0 fully saturated rings. The molecule has 1 aromatic carbocycles. The zero-order valence-corrected chi connectivity index (χ0v) is 10.9. The first-order valence-corrected chi connectivity index (χ1v) is 6.39. The SMILES string of the molecule is Cc1ccc(SCC(C)CO)c(/C(N)=N/O)c1. The molecule has 0 spiro atoms. The van der Waals surface area contributed by atoms with Crippen molar-refractivity contribution >= 4 is 17.6 Å². The number of benzene rings is 1. The van der Waals surface area contributed by atoms with Crippen LogP contribution >= 0.6 is 11.8 Å². The molecule has 0 saturated heterocycles. The molecule has 0 saturated carbocycles. The molecule has 0 aliphatic carbocycles. The molecular weight excluding hydrogens is 236 g/mol. The van der Waals surface area contributed by atoms with Gasteiger partial charge in [0.05, 0.1) is 0 Å². The maximum absolute atomic E-state index is 8.98. The third-order valence-electron chi connectivity index (χ3n) is 2.35. The maximum Gasteiger partial charge on any atom is 0.171 e. The Bertz CT molecular complexity index is 407. The van der Waals surface area contributed by atoms with Gasteiger partial charge >= 0.3 is 0 Å². The molecule has 4 nitrogen and oxygen atoms in total. The molecule has 1 aromatic rings. The van der Waals surface area contributed by atoms with Gasteiger partial charge in [-0.2, -0.15) is 0 Å². The number of aliphatic hydroxyl groups excluding tert-OH is 1. The van der Waals surface area contributed by atoms with Crippen molar-refractivity contribution in [2.75, 3.05) is 12.4 Å². The molecule has 0 amide bonds. The lowest BCUT2D eigenvalue weighted by molar-refractivity contribution is 0.250. The summed E-state index contributed by atoms with van der Waals surface area (Å²) in [5, 5.41) is 20.8. The van der Waals surface area contributed by atoms with E-state index in [1.165, 1.54) is 0 Å². The number of nitrogens with two attached hydrogens (primary N) is 1. The molecule has 0 aliphatic heterocycles. The maximum atomic E-state index is 8.98. The van der Waals surface area contributed by atoms with Crippen molar-refractivity contribution in [2.24, 2.45) is 16.8 Å². The molecule has 1 unspecified atom stereocenters. The van der Waals surface area contributed by atoms with Gasteiger partial charge < -0.3 is 16.0 Å². The Kier molecular flexibility index (Phi) is 5.31. The van der Waals surface area contributed by atoms with E-state index in [9.17, 15) is 0 Å². The van der Waals surface area contributed by atoms with Crippen LogP contribution in [0.25, 0.3) is 0 Å².